The second-order valence-electron chi connectivity index (χ2n) is 5.91. The summed E-state index contributed by atoms with van der Waals surface area (Å²) in [6.45, 7) is 13.1. The van der Waals surface area contributed by atoms with Gasteiger partial charge in [-0.15, -0.1) is 0 Å². The highest BCUT2D eigenvalue weighted by Gasteiger charge is 2.29. The second kappa shape index (κ2) is 5.43. The summed E-state index contributed by atoms with van der Waals surface area (Å²) in [6, 6.07) is 2.07. The highest BCUT2D eigenvalue weighted by atomic mass is 15.3. The summed E-state index contributed by atoms with van der Waals surface area (Å²) in [6.07, 6.45) is 0. The molecule has 2 rings (SSSR count). The number of aryl methyl sites for hydroxylation is 2. The Morgan fingerprint density at radius 3 is 2.32 bits per heavy atom. The molecular weight excluding hydrogens is 238 g/mol. The van der Waals surface area contributed by atoms with Gasteiger partial charge >= 0.3 is 0 Å². The fraction of sp³-hybridized carbons (Fsp3) is 0.714. The molecule has 1 aliphatic rings. The van der Waals surface area contributed by atoms with Crippen molar-refractivity contribution in [3.63, 3.8) is 0 Å². The van der Waals surface area contributed by atoms with Gasteiger partial charge in [-0.05, 0) is 27.7 Å². The van der Waals surface area contributed by atoms with Gasteiger partial charge in [-0.3, -0.25) is 4.90 Å². The van der Waals surface area contributed by atoms with Crippen molar-refractivity contribution < 1.29 is 0 Å². The predicted octanol–water partition coefficient (Wildman–Crippen LogP) is 0.953. The van der Waals surface area contributed by atoms with E-state index in [0.717, 1.165) is 43.5 Å². The lowest BCUT2D eigenvalue weighted by atomic mass is 10.0. The van der Waals surface area contributed by atoms with E-state index < -0.39 is 0 Å². The Kier molecular flexibility index (Phi) is 4.06. The largest absolute Gasteiger partial charge is 0.354 e. The van der Waals surface area contributed by atoms with Crippen LogP contribution in [-0.2, 0) is 0 Å². The van der Waals surface area contributed by atoms with E-state index in [1.54, 1.807) is 0 Å². The number of nitrogens with two attached hydrogens (primary N) is 1. The minimum absolute atomic E-state index is 0.0869. The van der Waals surface area contributed by atoms with Gasteiger partial charge in [-0.2, -0.15) is 0 Å². The smallest absolute Gasteiger partial charge is 0.132 e. The SMILES string of the molecule is Cc1cc(N2CCN(C(C)(C)CN)CC2)nc(C)n1. The molecule has 0 bridgehead atoms. The first-order valence-electron chi connectivity index (χ1n) is 6.95. The molecule has 0 unspecified atom stereocenters. The zero-order chi connectivity index (χ0) is 14.0. The van der Waals surface area contributed by atoms with Crippen molar-refractivity contribution in [2.45, 2.75) is 33.2 Å². The summed E-state index contributed by atoms with van der Waals surface area (Å²) in [4.78, 5) is 13.7. The molecular formula is C14H25N5. The molecule has 1 fully saturated rings. The normalized spacial score (nSPS) is 17.8. The van der Waals surface area contributed by atoms with Crippen LogP contribution in [0.3, 0.4) is 0 Å². The molecule has 1 aromatic rings. The van der Waals surface area contributed by atoms with E-state index in [0.29, 0.717) is 6.54 Å². The number of hydrogen-bond acceptors (Lipinski definition) is 5. The summed E-state index contributed by atoms with van der Waals surface area (Å²) < 4.78 is 0. The van der Waals surface area contributed by atoms with Crippen LogP contribution in [-0.4, -0.2) is 53.1 Å². The first kappa shape index (κ1) is 14.2. The number of nitrogens with zero attached hydrogens (tertiary/aromatic N) is 4. The first-order valence-corrected chi connectivity index (χ1v) is 6.95. The van der Waals surface area contributed by atoms with Crippen molar-refractivity contribution in [2.75, 3.05) is 37.6 Å². The highest BCUT2D eigenvalue weighted by molar-refractivity contribution is 5.40. The Hall–Kier alpha value is -1.20. The number of anilines is 1. The average molecular weight is 263 g/mol. The number of rotatable bonds is 3. The molecule has 0 aromatic carbocycles. The molecule has 1 aliphatic heterocycles. The second-order valence-corrected chi connectivity index (χ2v) is 5.91. The van der Waals surface area contributed by atoms with Crippen LogP contribution in [0.15, 0.2) is 6.07 Å². The zero-order valence-electron chi connectivity index (χ0n) is 12.5. The van der Waals surface area contributed by atoms with Crippen LogP contribution in [0.5, 0.6) is 0 Å². The van der Waals surface area contributed by atoms with Crippen molar-refractivity contribution >= 4 is 5.82 Å². The van der Waals surface area contributed by atoms with Gasteiger partial charge in [0.25, 0.3) is 0 Å². The highest BCUT2D eigenvalue weighted by Crippen LogP contribution is 2.19. The molecule has 2 N–H and O–H groups in total. The predicted molar refractivity (Wildman–Crippen MR) is 78.4 cm³/mol. The maximum absolute atomic E-state index is 5.85. The minimum atomic E-state index is 0.0869. The Morgan fingerprint density at radius 1 is 1.16 bits per heavy atom. The lowest BCUT2D eigenvalue weighted by molar-refractivity contribution is 0.119. The number of aromatic nitrogens is 2. The van der Waals surface area contributed by atoms with E-state index in [1.165, 1.54) is 0 Å². The maximum atomic E-state index is 5.85. The van der Waals surface area contributed by atoms with E-state index >= 15 is 0 Å². The summed E-state index contributed by atoms with van der Waals surface area (Å²) in [5.41, 5.74) is 6.97. The first-order chi connectivity index (χ1) is 8.92. The van der Waals surface area contributed by atoms with Crippen LogP contribution in [0.1, 0.15) is 25.4 Å². The third kappa shape index (κ3) is 3.22. The summed E-state index contributed by atoms with van der Waals surface area (Å²) >= 11 is 0. The van der Waals surface area contributed by atoms with E-state index in [-0.39, 0.29) is 5.54 Å². The van der Waals surface area contributed by atoms with Crippen LogP contribution in [0.25, 0.3) is 0 Å². The Labute approximate surface area is 115 Å². The lowest BCUT2D eigenvalue weighted by Crippen LogP contribution is -2.57. The molecule has 0 spiro atoms. The molecule has 106 valence electrons. The third-order valence-corrected chi connectivity index (χ3v) is 3.91. The molecule has 5 nitrogen and oxygen atoms in total. The van der Waals surface area contributed by atoms with Crippen molar-refractivity contribution in [3.8, 4) is 0 Å². The average Bonchev–Trinajstić information content (AvgIpc) is 2.38. The molecule has 19 heavy (non-hydrogen) atoms. The number of hydrogen-bond donors (Lipinski definition) is 1. The van der Waals surface area contributed by atoms with Gasteiger partial charge in [0.2, 0.25) is 0 Å². The molecule has 0 amide bonds. The van der Waals surface area contributed by atoms with Crippen molar-refractivity contribution in [2.24, 2.45) is 5.73 Å². The maximum Gasteiger partial charge on any atom is 0.132 e. The Balaban J connectivity index is 2.04. The van der Waals surface area contributed by atoms with Crippen molar-refractivity contribution in [1.82, 2.24) is 14.9 Å². The van der Waals surface area contributed by atoms with Crippen molar-refractivity contribution in [3.05, 3.63) is 17.6 Å². The molecule has 0 aliphatic carbocycles. The molecule has 5 heteroatoms. The Bertz CT molecular complexity index is 415. The van der Waals surface area contributed by atoms with Gasteiger partial charge in [0.15, 0.2) is 0 Å². The standard InChI is InChI=1S/C14H25N5/c1-11-9-13(17-12(2)16-11)18-5-7-19(8-6-18)14(3,4)10-15/h9H,5-8,10,15H2,1-4H3. The van der Waals surface area contributed by atoms with Gasteiger partial charge in [0.1, 0.15) is 11.6 Å². The molecule has 1 aromatic heterocycles. The summed E-state index contributed by atoms with van der Waals surface area (Å²) in [5.74, 6) is 1.90. The summed E-state index contributed by atoms with van der Waals surface area (Å²) in [7, 11) is 0. The van der Waals surface area contributed by atoms with E-state index in [9.17, 15) is 0 Å². The Morgan fingerprint density at radius 2 is 1.79 bits per heavy atom. The third-order valence-electron chi connectivity index (χ3n) is 3.91. The van der Waals surface area contributed by atoms with E-state index in [1.807, 2.05) is 13.8 Å². The topological polar surface area (TPSA) is 58.3 Å². The summed E-state index contributed by atoms with van der Waals surface area (Å²) in [5, 5.41) is 0. The monoisotopic (exact) mass is 263 g/mol. The van der Waals surface area contributed by atoms with Crippen LogP contribution in [0.2, 0.25) is 0 Å². The molecule has 0 saturated carbocycles. The van der Waals surface area contributed by atoms with E-state index in [4.69, 9.17) is 5.73 Å². The van der Waals surface area contributed by atoms with Crippen LogP contribution in [0.4, 0.5) is 5.82 Å². The number of piperazine rings is 1. The van der Waals surface area contributed by atoms with Crippen LogP contribution >= 0.6 is 0 Å². The van der Waals surface area contributed by atoms with Gasteiger partial charge in [0, 0.05) is 50.0 Å². The molecule has 0 atom stereocenters. The van der Waals surface area contributed by atoms with Crippen molar-refractivity contribution in [1.29, 1.82) is 0 Å². The zero-order valence-corrected chi connectivity index (χ0v) is 12.5. The van der Waals surface area contributed by atoms with Gasteiger partial charge in [-0.25, -0.2) is 9.97 Å². The minimum Gasteiger partial charge on any atom is -0.354 e. The van der Waals surface area contributed by atoms with Gasteiger partial charge in [-0.1, -0.05) is 0 Å². The fourth-order valence-corrected chi connectivity index (χ4v) is 2.53. The quantitative estimate of drug-likeness (QED) is 0.880. The van der Waals surface area contributed by atoms with Crippen LogP contribution < -0.4 is 10.6 Å². The lowest BCUT2D eigenvalue weighted by Gasteiger charge is -2.43. The molecule has 0 radical (unpaired) electrons. The van der Waals surface area contributed by atoms with E-state index in [2.05, 4.69) is 39.7 Å². The van der Waals surface area contributed by atoms with Gasteiger partial charge in [0.05, 0.1) is 0 Å². The van der Waals surface area contributed by atoms with Crippen LogP contribution in [0, 0.1) is 13.8 Å². The molecule has 2 heterocycles. The van der Waals surface area contributed by atoms with Gasteiger partial charge < -0.3 is 10.6 Å². The fourth-order valence-electron chi connectivity index (χ4n) is 2.53. The molecule has 1 saturated heterocycles.